The molecule has 24 heavy (non-hydrogen) atoms. The van der Waals surface area contributed by atoms with E-state index in [1.54, 1.807) is 37.5 Å². The Morgan fingerprint density at radius 1 is 1.12 bits per heavy atom. The van der Waals surface area contributed by atoms with Crippen LogP contribution < -0.4 is 15.5 Å². The van der Waals surface area contributed by atoms with Gasteiger partial charge in [-0.25, -0.2) is 5.43 Å². The standard InChI is InChI=1S/C17H19N3O4/c1-13(10-16(21)18-11-15-8-5-9-23-15)19-20-17(22)12-24-14-6-3-2-4-7-14/h2-9H,10-12H2,1H3,(H,18,21)(H,20,22)/b19-13-. The molecule has 2 N–H and O–H groups in total. The van der Waals surface area contributed by atoms with Crippen LogP contribution in [-0.4, -0.2) is 24.1 Å². The van der Waals surface area contributed by atoms with E-state index in [0.29, 0.717) is 23.8 Å². The maximum absolute atomic E-state index is 11.7. The number of rotatable bonds is 8. The molecule has 0 radical (unpaired) electrons. The van der Waals surface area contributed by atoms with Gasteiger partial charge in [0, 0.05) is 5.71 Å². The molecule has 0 unspecified atom stereocenters. The first-order valence-corrected chi connectivity index (χ1v) is 7.42. The van der Waals surface area contributed by atoms with E-state index in [1.807, 2.05) is 18.2 Å². The van der Waals surface area contributed by atoms with Gasteiger partial charge in [0.25, 0.3) is 5.91 Å². The number of furan rings is 1. The minimum Gasteiger partial charge on any atom is -0.484 e. The number of nitrogens with zero attached hydrogens (tertiary/aromatic N) is 1. The monoisotopic (exact) mass is 329 g/mol. The Kier molecular flexibility index (Phi) is 6.58. The Hall–Kier alpha value is -3.09. The summed E-state index contributed by atoms with van der Waals surface area (Å²) in [6.45, 7) is 1.83. The number of carbonyl (C=O) groups is 2. The molecule has 0 atom stereocenters. The molecule has 1 aromatic heterocycles. The molecule has 0 fully saturated rings. The fraction of sp³-hybridized carbons (Fsp3) is 0.235. The lowest BCUT2D eigenvalue weighted by atomic mass is 10.3. The van der Waals surface area contributed by atoms with Crippen molar-refractivity contribution in [3.8, 4) is 5.75 Å². The third-order valence-electron chi connectivity index (χ3n) is 2.94. The summed E-state index contributed by atoms with van der Waals surface area (Å²) in [6.07, 6.45) is 1.63. The summed E-state index contributed by atoms with van der Waals surface area (Å²) in [5, 5.41) is 6.57. The zero-order chi connectivity index (χ0) is 17.2. The van der Waals surface area contributed by atoms with Crippen LogP contribution in [0.5, 0.6) is 5.75 Å². The Balaban J connectivity index is 1.66. The van der Waals surface area contributed by atoms with Gasteiger partial charge in [0.05, 0.1) is 19.2 Å². The highest BCUT2D eigenvalue weighted by molar-refractivity contribution is 6.00. The number of nitrogens with one attached hydrogen (secondary N) is 2. The van der Waals surface area contributed by atoms with Gasteiger partial charge < -0.3 is 14.5 Å². The summed E-state index contributed by atoms with van der Waals surface area (Å²) in [5.41, 5.74) is 2.84. The highest BCUT2D eigenvalue weighted by Crippen LogP contribution is 2.07. The zero-order valence-corrected chi connectivity index (χ0v) is 13.3. The summed E-state index contributed by atoms with van der Waals surface area (Å²) in [4.78, 5) is 23.4. The van der Waals surface area contributed by atoms with Crippen LogP contribution in [0.4, 0.5) is 0 Å². The second-order valence-electron chi connectivity index (χ2n) is 5.02. The molecule has 126 valence electrons. The van der Waals surface area contributed by atoms with Gasteiger partial charge in [-0.15, -0.1) is 0 Å². The van der Waals surface area contributed by atoms with Crippen molar-refractivity contribution in [2.75, 3.05) is 6.61 Å². The SMILES string of the molecule is C/C(CC(=O)NCc1ccco1)=N/NC(=O)COc1ccccc1. The number of para-hydroxylation sites is 1. The Morgan fingerprint density at radius 3 is 2.62 bits per heavy atom. The lowest BCUT2D eigenvalue weighted by molar-refractivity contribution is -0.123. The smallest absolute Gasteiger partial charge is 0.277 e. The first kappa shape index (κ1) is 17.3. The van der Waals surface area contributed by atoms with E-state index in [1.165, 1.54) is 0 Å². The maximum Gasteiger partial charge on any atom is 0.277 e. The normalized spacial score (nSPS) is 11.0. The van der Waals surface area contributed by atoms with E-state index >= 15 is 0 Å². The molecule has 0 saturated heterocycles. The first-order valence-electron chi connectivity index (χ1n) is 7.42. The predicted octanol–water partition coefficient (Wildman–Crippen LogP) is 1.86. The van der Waals surface area contributed by atoms with Gasteiger partial charge in [-0.1, -0.05) is 18.2 Å². The van der Waals surface area contributed by atoms with Crippen LogP contribution in [0.3, 0.4) is 0 Å². The van der Waals surface area contributed by atoms with E-state index < -0.39 is 5.91 Å². The van der Waals surface area contributed by atoms with E-state index in [2.05, 4.69) is 15.8 Å². The van der Waals surface area contributed by atoms with Crippen LogP contribution in [0.25, 0.3) is 0 Å². The molecule has 0 aliphatic carbocycles. The zero-order valence-electron chi connectivity index (χ0n) is 13.3. The highest BCUT2D eigenvalue weighted by atomic mass is 16.5. The van der Waals surface area contributed by atoms with Crippen molar-refractivity contribution in [3.63, 3.8) is 0 Å². The van der Waals surface area contributed by atoms with Gasteiger partial charge in [-0.05, 0) is 31.2 Å². The minimum absolute atomic E-state index is 0.0839. The average Bonchev–Trinajstić information content (AvgIpc) is 3.11. The topological polar surface area (TPSA) is 92.9 Å². The summed E-state index contributed by atoms with van der Waals surface area (Å²) in [5.74, 6) is 0.673. The lowest BCUT2D eigenvalue weighted by Gasteiger charge is -2.06. The lowest BCUT2D eigenvalue weighted by Crippen LogP contribution is -2.28. The summed E-state index contributed by atoms with van der Waals surface area (Å²) < 4.78 is 10.4. The maximum atomic E-state index is 11.7. The molecule has 2 amide bonds. The van der Waals surface area contributed by atoms with Gasteiger partial charge in [-0.3, -0.25) is 9.59 Å². The fourth-order valence-corrected chi connectivity index (χ4v) is 1.79. The van der Waals surface area contributed by atoms with Crippen LogP contribution in [0.1, 0.15) is 19.1 Å². The summed E-state index contributed by atoms with van der Waals surface area (Å²) in [6, 6.07) is 12.5. The van der Waals surface area contributed by atoms with Crippen molar-refractivity contribution in [2.45, 2.75) is 19.9 Å². The van der Waals surface area contributed by atoms with E-state index in [-0.39, 0.29) is 18.9 Å². The van der Waals surface area contributed by atoms with Crippen LogP contribution in [-0.2, 0) is 16.1 Å². The molecular weight excluding hydrogens is 310 g/mol. The van der Waals surface area contributed by atoms with Crippen molar-refractivity contribution < 1.29 is 18.7 Å². The van der Waals surface area contributed by atoms with Crippen LogP contribution in [0.2, 0.25) is 0 Å². The number of hydrogen-bond donors (Lipinski definition) is 2. The molecule has 0 spiro atoms. The van der Waals surface area contributed by atoms with Gasteiger partial charge >= 0.3 is 0 Å². The highest BCUT2D eigenvalue weighted by Gasteiger charge is 2.06. The fourth-order valence-electron chi connectivity index (χ4n) is 1.79. The van der Waals surface area contributed by atoms with Crippen molar-refractivity contribution in [2.24, 2.45) is 5.10 Å². The average molecular weight is 329 g/mol. The van der Waals surface area contributed by atoms with Gasteiger partial charge in [0.1, 0.15) is 11.5 Å². The second kappa shape index (κ2) is 9.14. The molecule has 0 aliphatic heterocycles. The van der Waals surface area contributed by atoms with Gasteiger partial charge in [-0.2, -0.15) is 5.10 Å². The van der Waals surface area contributed by atoms with Crippen molar-refractivity contribution in [1.29, 1.82) is 0 Å². The van der Waals surface area contributed by atoms with Crippen LogP contribution >= 0.6 is 0 Å². The van der Waals surface area contributed by atoms with E-state index in [4.69, 9.17) is 9.15 Å². The molecule has 2 rings (SSSR count). The Bertz CT molecular complexity index is 681. The number of benzene rings is 1. The molecule has 2 aromatic rings. The molecule has 0 saturated carbocycles. The molecule has 7 heteroatoms. The second-order valence-corrected chi connectivity index (χ2v) is 5.02. The number of ether oxygens (including phenoxy) is 1. The number of amides is 2. The summed E-state index contributed by atoms with van der Waals surface area (Å²) >= 11 is 0. The molecule has 1 heterocycles. The first-order chi connectivity index (χ1) is 11.6. The van der Waals surface area contributed by atoms with Crippen molar-refractivity contribution in [1.82, 2.24) is 10.7 Å². The third-order valence-corrected chi connectivity index (χ3v) is 2.94. The number of hydrazone groups is 1. The quantitative estimate of drug-likeness (QED) is 0.571. The molecule has 0 aliphatic rings. The predicted molar refractivity (Wildman–Crippen MR) is 88.4 cm³/mol. The minimum atomic E-state index is -0.394. The number of hydrogen-bond acceptors (Lipinski definition) is 5. The van der Waals surface area contributed by atoms with Gasteiger partial charge in [0.15, 0.2) is 6.61 Å². The summed E-state index contributed by atoms with van der Waals surface area (Å²) in [7, 11) is 0. The Morgan fingerprint density at radius 2 is 1.92 bits per heavy atom. The van der Waals surface area contributed by atoms with Crippen LogP contribution in [0, 0.1) is 0 Å². The third kappa shape index (κ3) is 6.35. The van der Waals surface area contributed by atoms with E-state index in [0.717, 1.165) is 0 Å². The van der Waals surface area contributed by atoms with Crippen LogP contribution in [0.15, 0.2) is 58.2 Å². The molecule has 0 bridgehead atoms. The van der Waals surface area contributed by atoms with Crippen molar-refractivity contribution >= 4 is 17.5 Å². The van der Waals surface area contributed by atoms with Crippen molar-refractivity contribution in [3.05, 3.63) is 54.5 Å². The molecular formula is C17H19N3O4. The molecule has 7 nitrogen and oxygen atoms in total. The Labute approximate surface area is 139 Å². The van der Waals surface area contributed by atoms with E-state index in [9.17, 15) is 9.59 Å². The van der Waals surface area contributed by atoms with Gasteiger partial charge in [0.2, 0.25) is 5.91 Å². The largest absolute Gasteiger partial charge is 0.484 e. The molecule has 1 aromatic carbocycles. The number of carbonyl (C=O) groups excluding carboxylic acids is 2.